The average molecular weight is 344 g/mol. The summed E-state index contributed by atoms with van der Waals surface area (Å²) >= 11 is 0. The smallest absolute Gasteiger partial charge is 0.261 e. The van der Waals surface area contributed by atoms with E-state index in [1.165, 1.54) is 0 Å². The molecule has 1 saturated heterocycles. The quantitative estimate of drug-likeness (QED) is 0.923. The first kappa shape index (κ1) is 17.4. The molecule has 1 aliphatic heterocycles. The number of carbonyl (C=O) groups excluding carboxylic acids is 1. The third kappa shape index (κ3) is 3.50. The third-order valence-electron chi connectivity index (χ3n) is 4.76. The second-order valence-electron chi connectivity index (χ2n) is 7.06. The van der Waals surface area contributed by atoms with E-state index in [-0.39, 0.29) is 28.9 Å². The highest BCUT2D eigenvalue weighted by molar-refractivity contribution is 5.94. The molecule has 7 nitrogen and oxygen atoms in total. The maximum absolute atomic E-state index is 12.8. The van der Waals surface area contributed by atoms with Crippen LogP contribution in [0.5, 0.6) is 0 Å². The minimum absolute atomic E-state index is 0.0170. The van der Waals surface area contributed by atoms with Crippen LogP contribution in [0.4, 0.5) is 0 Å². The minimum Gasteiger partial charge on any atom is -0.339 e. The number of carbonyl (C=O) groups is 1. The zero-order valence-electron chi connectivity index (χ0n) is 15.1. The standard InChI is InChI=1S/C18H24N4O3/c1-10(2)15-20-17(25-21-15)13-6-5-7-22(9-13)18(24)14-8-11(3)12(4)19-16(14)23/h8,10,13H,5-7,9H2,1-4H3,(H,19,23). The van der Waals surface area contributed by atoms with Crippen molar-refractivity contribution in [1.29, 1.82) is 0 Å². The monoisotopic (exact) mass is 344 g/mol. The van der Waals surface area contributed by atoms with Crippen molar-refractivity contribution in [3.63, 3.8) is 0 Å². The molecule has 0 bridgehead atoms. The Bertz CT molecular complexity index is 837. The van der Waals surface area contributed by atoms with Crippen LogP contribution >= 0.6 is 0 Å². The lowest BCUT2D eigenvalue weighted by molar-refractivity contribution is 0.0693. The number of hydrogen-bond donors (Lipinski definition) is 1. The van der Waals surface area contributed by atoms with Gasteiger partial charge in [-0.15, -0.1) is 0 Å². The predicted molar refractivity (Wildman–Crippen MR) is 92.8 cm³/mol. The number of rotatable bonds is 3. The molecule has 1 fully saturated rings. The number of likely N-dealkylation sites (tertiary alicyclic amines) is 1. The predicted octanol–water partition coefficient (Wildman–Crippen LogP) is 2.52. The van der Waals surface area contributed by atoms with Gasteiger partial charge < -0.3 is 14.4 Å². The first-order valence-corrected chi connectivity index (χ1v) is 8.70. The lowest BCUT2D eigenvalue weighted by Crippen LogP contribution is -2.41. The van der Waals surface area contributed by atoms with E-state index in [4.69, 9.17) is 4.52 Å². The molecule has 2 aromatic rings. The van der Waals surface area contributed by atoms with Gasteiger partial charge in [-0.05, 0) is 38.3 Å². The fourth-order valence-electron chi connectivity index (χ4n) is 3.07. The van der Waals surface area contributed by atoms with Crippen LogP contribution in [0.2, 0.25) is 0 Å². The molecule has 7 heteroatoms. The second kappa shape index (κ2) is 6.82. The number of aryl methyl sites for hydroxylation is 2. The summed E-state index contributed by atoms with van der Waals surface area (Å²) in [7, 11) is 0. The minimum atomic E-state index is -0.338. The molecule has 3 rings (SSSR count). The number of nitrogens with zero attached hydrogens (tertiary/aromatic N) is 3. The van der Waals surface area contributed by atoms with Crippen molar-refractivity contribution in [3.05, 3.63) is 45.0 Å². The van der Waals surface area contributed by atoms with E-state index in [1.54, 1.807) is 11.0 Å². The zero-order valence-corrected chi connectivity index (χ0v) is 15.1. The van der Waals surface area contributed by atoms with E-state index < -0.39 is 0 Å². The number of aromatic amines is 1. The summed E-state index contributed by atoms with van der Waals surface area (Å²) in [5.74, 6) is 1.24. The lowest BCUT2D eigenvalue weighted by atomic mass is 9.97. The van der Waals surface area contributed by atoms with Crippen LogP contribution in [-0.4, -0.2) is 39.0 Å². The number of pyridine rings is 1. The molecule has 1 amide bonds. The van der Waals surface area contributed by atoms with E-state index in [1.807, 2.05) is 27.7 Å². The lowest BCUT2D eigenvalue weighted by Gasteiger charge is -2.31. The van der Waals surface area contributed by atoms with Crippen molar-refractivity contribution in [2.75, 3.05) is 13.1 Å². The van der Waals surface area contributed by atoms with E-state index in [0.717, 1.165) is 24.1 Å². The first-order valence-electron chi connectivity index (χ1n) is 8.70. The number of aromatic nitrogens is 3. The molecule has 0 aliphatic carbocycles. The van der Waals surface area contributed by atoms with Crippen LogP contribution in [0.15, 0.2) is 15.4 Å². The van der Waals surface area contributed by atoms with Crippen LogP contribution in [-0.2, 0) is 0 Å². The topological polar surface area (TPSA) is 92.1 Å². The molecule has 0 aromatic carbocycles. The molecule has 2 aromatic heterocycles. The van der Waals surface area contributed by atoms with Gasteiger partial charge in [-0.25, -0.2) is 0 Å². The summed E-state index contributed by atoms with van der Waals surface area (Å²) < 4.78 is 5.39. The second-order valence-corrected chi connectivity index (χ2v) is 7.06. The highest BCUT2D eigenvalue weighted by atomic mass is 16.5. The highest BCUT2D eigenvalue weighted by Gasteiger charge is 2.30. The molecule has 1 N–H and O–H groups in total. The highest BCUT2D eigenvalue weighted by Crippen LogP contribution is 2.27. The van der Waals surface area contributed by atoms with Crippen molar-refractivity contribution >= 4 is 5.91 Å². The molecule has 134 valence electrons. The summed E-state index contributed by atoms with van der Waals surface area (Å²) in [6, 6.07) is 1.67. The van der Waals surface area contributed by atoms with Crippen molar-refractivity contribution in [1.82, 2.24) is 20.0 Å². The van der Waals surface area contributed by atoms with Crippen LogP contribution in [0.3, 0.4) is 0 Å². The summed E-state index contributed by atoms with van der Waals surface area (Å²) in [5, 5.41) is 4.01. The number of hydrogen-bond acceptors (Lipinski definition) is 5. The molecule has 0 saturated carbocycles. The van der Waals surface area contributed by atoms with Gasteiger partial charge in [0.05, 0.1) is 5.92 Å². The van der Waals surface area contributed by atoms with Gasteiger partial charge in [0, 0.05) is 24.7 Å². The fraction of sp³-hybridized carbons (Fsp3) is 0.556. The Morgan fingerprint density at radius 3 is 2.84 bits per heavy atom. The molecular weight excluding hydrogens is 320 g/mol. The van der Waals surface area contributed by atoms with Gasteiger partial charge in [0.1, 0.15) is 5.56 Å². The Kier molecular flexibility index (Phi) is 4.74. The number of piperidine rings is 1. The van der Waals surface area contributed by atoms with Crippen LogP contribution in [0, 0.1) is 13.8 Å². The summed E-state index contributed by atoms with van der Waals surface area (Å²) in [4.78, 5) is 33.9. The Morgan fingerprint density at radius 2 is 2.16 bits per heavy atom. The van der Waals surface area contributed by atoms with Gasteiger partial charge in [0.25, 0.3) is 11.5 Å². The van der Waals surface area contributed by atoms with Gasteiger partial charge in [0.15, 0.2) is 5.82 Å². The van der Waals surface area contributed by atoms with Crippen molar-refractivity contribution in [2.45, 2.75) is 52.4 Å². The van der Waals surface area contributed by atoms with Crippen LogP contribution in [0.1, 0.15) is 71.9 Å². The van der Waals surface area contributed by atoms with Gasteiger partial charge >= 0.3 is 0 Å². The molecule has 0 radical (unpaired) electrons. The molecule has 1 unspecified atom stereocenters. The zero-order chi connectivity index (χ0) is 18.1. The van der Waals surface area contributed by atoms with Gasteiger partial charge in [-0.3, -0.25) is 9.59 Å². The van der Waals surface area contributed by atoms with E-state index >= 15 is 0 Å². The maximum Gasteiger partial charge on any atom is 0.261 e. The maximum atomic E-state index is 12.8. The van der Waals surface area contributed by atoms with Crippen LogP contribution in [0.25, 0.3) is 0 Å². The number of amides is 1. The SMILES string of the molecule is Cc1cc(C(=O)N2CCCC(c3nc(C(C)C)no3)C2)c(=O)[nH]c1C. The molecule has 0 spiro atoms. The van der Waals surface area contributed by atoms with Crippen molar-refractivity contribution in [2.24, 2.45) is 0 Å². The van der Waals surface area contributed by atoms with Gasteiger partial charge in [-0.1, -0.05) is 19.0 Å². The third-order valence-corrected chi connectivity index (χ3v) is 4.76. The van der Waals surface area contributed by atoms with E-state index in [0.29, 0.717) is 24.8 Å². The Hall–Kier alpha value is -2.44. The van der Waals surface area contributed by atoms with Gasteiger partial charge in [-0.2, -0.15) is 4.98 Å². The Labute approximate surface area is 146 Å². The fourth-order valence-corrected chi connectivity index (χ4v) is 3.07. The average Bonchev–Trinajstić information content (AvgIpc) is 3.08. The van der Waals surface area contributed by atoms with E-state index in [2.05, 4.69) is 15.1 Å². The van der Waals surface area contributed by atoms with Crippen molar-refractivity contribution < 1.29 is 9.32 Å². The molecule has 25 heavy (non-hydrogen) atoms. The largest absolute Gasteiger partial charge is 0.339 e. The van der Waals surface area contributed by atoms with E-state index in [9.17, 15) is 9.59 Å². The number of H-pyrrole nitrogens is 1. The summed E-state index contributed by atoms with van der Waals surface area (Å²) in [5.41, 5.74) is 1.53. The summed E-state index contributed by atoms with van der Waals surface area (Å²) in [6.07, 6.45) is 1.74. The Balaban J connectivity index is 1.80. The molecular formula is C18H24N4O3. The van der Waals surface area contributed by atoms with Crippen molar-refractivity contribution in [3.8, 4) is 0 Å². The van der Waals surface area contributed by atoms with Gasteiger partial charge in [0.2, 0.25) is 5.89 Å². The molecule has 1 atom stereocenters. The van der Waals surface area contributed by atoms with Crippen LogP contribution < -0.4 is 5.56 Å². The first-order chi connectivity index (χ1) is 11.9. The number of nitrogens with one attached hydrogen (secondary N) is 1. The molecule has 1 aliphatic rings. The Morgan fingerprint density at radius 1 is 1.40 bits per heavy atom. The normalized spacial score (nSPS) is 18.0. The molecule has 3 heterocycles. The summed E-state index contributed by atoms with van der Waals surface area (Å²) in [6.45, 7) is 8.85.